The molecule has 4 nitrogen and oxygen atoms in total. The molecule has 2 fully saturated rings. The van der Waals surface area contributed by atoms with Gasteiger partial charge < -0.3 is 18.9 Å². The van der Waals surface area contributed by atoms with Crippen LogP contribution in [0.2, 0.25) is 0 Å². The third kappa shape index (κ3) is 5.54. The van der Waals surface area contributed by atoms with Crippen LogP contribution in [0, 0.1) is 29.3 Å². The maximum Gasteiger partial charge on any atom is 0.194 e. The molecule has 0 bridgehead atoms. The van der Waals surface area contributed by atoms with Gasteiger partial charge in [0, 0.05) is 17.4 Å². The summed E-state index contributed by atoms with van der Waals surface area (Å²) in [5.74, 6) is -3.55. The third-order valence-electron chi connectivity index (χ3n) is 4.69. The lowest BCUT2D eigenvalue weighted by Crippen LogP contribution is -2.33. The molecule has 1 aromatic rings. The van der Waals surface area contributed by atoms with Gasteiger partial charge in [-0.1, -0.05) is 19.1 Å². The van der Waals surface area contributed by atoms with E-state index >= 15 is 0 Å². The van der Waals surface area contributed by atoms with Crippen LogP contribution in [-0.4, -0.2) is 32.7 Å². The van der Waals surface area contributed by atoms with Gasteiger partial charge in [-0.05, 0) is 31.4 Å². The van der Waals surface area contributed by atoms with E-state index < -0.39 is 23.7 Å². The fraction of sp³-hybridized carbons (Fsp3) is 0.600. The molecule has 0 amide bonds. The number of hydrogen-bond acceptors (Lipinski definition) is 4. The molecule has 0 atom stereocenters. The van der Waals surface area contributed by atoms with Gasteiger partial charge in [-0.15, -0.1) is 0 Å². The molecule has 0 aromatic heterocycles. The smallest absolute Gasteiger partial charge is 0.194 e. The largest absolute Gasteiger partial charge is 0.352 e. The highest BCUT2D eigenvalue weighted by Crippen LogP contribution is 2.29. The summed E-state index contributed by atoms with van der Waals surface area (Å²) in [6.45, 7) is 4.18. The van der Waals surface area contributed by atoms with Crippen molar-refractivity contribution in [3.8, 4) is 0 Å². The average molecular weight is 386 g/mol. The summed E-state index contributed by atoms with van der Waals surface area (Å²) < 4.78 is 62.3. The minimum absolute atomic E-state index is 0.134. The van der Waals surface area contributed by atoms with Gasteiger partial charge >= 0.3 is 0 Å². The molecule has 2 heterocycles. The highest BCUT2D eigenvalue weighted by atomic mass is 19.2. The predicted octanol–water partition coefficient (Wildman–Crippen LogP) is 4.50. The molecule has 2 aliphatic rings. The Balaban J connectivity index is 1.40. The van der Waals surface area contributed by atoms with Gasteiger partial charge in [-0.3, -0.25) is 0 Å². The Bertz CT molecular complexity index is 613. The standard InChI is InChI=1S/C20H25F3O4/c1-2-3-4-13-9-24-18(25-10-13)6-5-14-11-26-20(27-12-14)15-7-16(21)19(23)17(22)8-15/h3-4,7-8,13-14,18,20H,2,5-6,9-12H2,1H3/b4-3+/t13-,14?,18-,20?. The minimum Gasteiger partial charge on any atom is -0.352 e. The molecule has 2 saturated heterocycles. The Labute approximate surface area is 157 Å². The van der Waals surface area contributed by atoms with Crippen LogP contribution in [0.25, 0.3) is 0 Å². The normalized spacial score (nSPS) is 29.3. The molecule has 0 N–H and O–H groups in total. The second-order valence-electron chi connectivity index (χ2n) is 6.93. The monoisotopic (exact) mass is 386 g/mol. The number of ether oxygens (including phenoxy) is 4. The van der Waals surface area contributed by atoms with Crippen molar-refractivity contribution in [1.82, 2.24) is 0 Å². The number of benzene rings is 1. The van der Waals surface area contributed by atoms with Crippen LogP contribution in [0.1, 0.15) is 38.0 Å². The minimum atomic E-state index is -1.49. The van der Waals surface area contributed by atoms with Crippen molar-refractivity contribution < 1.29 is 32.1 Å². The van der Waals surface area contributed by atoms with Gasteiger partial charge in [-0.25, -0.2) is 13.2 Å². The second-order valence-corrected chi connectivity index (χ2v) is 6.93. The van der Waals surface area contributed by atoms with Gasteiger partial charge in [0.25, 0.3) is 0 Å². The number of hydrogen-bond donors (Lipinski definition) is 0. The van der Waals surface area contributed by atoms with Crippen LogP contribution >= 0.6 is 0 Å². The van der Waals surface area contributed by atoms with E-state index in [-0.39, 0.29) is 17.8 Å². The van der Waals surface area contributed by atoms with Gasteiger partial charge in [0.2, 0.25) is 0 Å². The van der Waals surface area contributed by atoms with Crippen molar-refractivity contribution in [1.29, 1.82) is 0 Å². The molecule has 3 rings (SSSR count). The first kappa shape index (κ1) is 20.3. The lowest BCUT2D eigenvalue weighted by atomic mass is 10.0. The zero-order valence-corrected chi connectivity index (χ0v) is 15.3. The Morgan fingerprint density at radius 1 is 0.926 bits per heavy atom. The second kappa shape index (κ2) is 9.68. The Morgan fingerprint density at radius 3 is 2.15 bits per heavy atom. The highest BCUT2D eigenvalue weighted by molar-refractivity contribution is 5.20. The molecule has 0 spiro atoms. The van der Waals surface area contributed by atoms with Crippen molar-refractivity contribution in [3.63, 3.8) is 0 Å². The summed E-state index contributed by atoms with van der Waals surface area (Å²) >= 11 is 0. The third-order valence-corrected chi connectivity index (χ3v) is 4.69. The van der Waals surface area contributed by atoms with Crippen molar-refractivity contribution in [2.75, 3.05) is 26.4 Å². The highest BCUT2D eigenvalue weighted by Gasteiger charge is 2.27. The first-order valence-corrected chi connectivity index (χ1v) is 9.34. The number of rotatable bonds is 6. The molecule has 150 valence electrons. The molecule has 7 heteroatoms. The van der Waals surface area contributed by atoms with Crippen molar-refractivity contribution in [2.24, 2.45) is 11.8 Å². The summed E-state index contributed by atoms with van der Waals surface area (Å²) in [6.07, 6.45) is 5.64. The van der Waals surface area contributed by atoms with Crippen LogP contribution in [0.3, 0.4) is 0 Å². The zero-order chi connectivity index (χ0) is 19.2. The molecule has 0 saturated carbocycles. The van der Waals surface area contributed by atoms with E-state index in [2.05, 4.69) is 19.1 Å². The molecular formula is C20H25F3O4. The quantitative estimate of drug-likeness (QED) is 0.533. The maximum absolute atomic E-state index is 13.3. The van der Waals surface area contributed by atoms with Gasteiger partial charge in [0.1, 0.15) is 0 Å². The average Bonchev–Trinajstić information content (AvgIpc) is 2.69. The lowest BCUT2D eigenvalue weighted by Gasteiger charge is -2.32. The zero-order valence-electron chi connectivity index (χ0n) is 15.3. The number of halogens is 3. The lowest BCUT2D eigenvalue weighted by molar-refractivity contribution is -0.217. The molecule has 0 radical (unpaired) electrons. The summed E-state index contributed by atoms with van der Waals surface area (Å²) in [4.78, 5) is 0. The van der Waals surface area contributed by atoms with E-state index in [0.717, 1.165) is 31.4 Å². The summed E-state index contributed by atoms with van der Waals surface area (Å²) in [5, 5.41) is 0. The van der Waals surface area contributed by atoms with Crippen LogP contribution < -0.4 is 0 Å². The number of allylic oxidation sites excluding steroid dienone is 1. The maximum atomic E-state index is 13.3. The van der Waals surface area contributed by atoms with E-state index in [1.807, 2.05) is 0 Å². The molecule has 0 aliphatic carbocycles. The van der Waals surface area contributed by atoms with E-state index in [1.54, 1.807) is 0 Å². The van der Waals surface area contributed by atoms with Gasteiger partial charge in [0.05, 0.1) is 26.4 Å². The van der Waals surface area contributed by atoms with Gasteiger partial charge in [0.15, 0.2) is 30.0 Å². The van der Waals surface area contributed by atoms with Crippen molar-refractivity contribution >= 4 is 0 Å². The topological polar surface area (TPSA) is 36.9 Å². The fourth-order valence-corrected chi connectivity index (χ4v) is 3.15. The Morgan fingerprint density at radius 2 is 1.56 bits per heavy atom. The molecule has 27 heavy (non-hydrogen) atoms. The predicted molar refractivity (Wildman–Crippen MR) is 92.3 cm³/mol. The fourth-order valence-electron chi connectivity index (χ4n) is 3.15. The van der Waals surface area contributed by atoms with Crippen LogP contribution in [0.5, 0.6) is 0 Å². The molecular weight excluding hydrogens is 361 g/mol. The van der Waals surface area contributed by atoms with E-state index in [9.17, 15) is 13.2 Å². The van der Waals surface area contributed by atoms with Gasteiger partial charge in [-0.2, -0.15) is 0 Å². The van der Waals surface area contributed by atoms with E-state index in [0.29, 0.717) is 32.3 Å². The molecule has 1 aromatic carbocycles. The first-order valence-electron chi connectivity index (χ1n) is 9.34. The molecule has 2 aliphatic heterocycles. The first-order chi connectivity index (χ1) is 13.1. The van der Waals surface area contributed by atoms with Crippen molar-refractivity contribution in [2.45, 2.75) is 38.8 Å². The summed E-state index contributed by atoms with van der Waals surface area (Å²) in [6, 6.07) is 1.80. The van der Waals surface area contributed by atoms with Crippen LogP contribution in [0.15, 0.2) is 24.3 Å². The van der Waals surface area contributed by atoms with Crippen LogP contribution in [-0.2, 0) is 18.9 Å². The van der Waals surface area contributed by atoms with Crippen molar-refractivity contribution in [3.05, 3.63) is 47.3 Å². The SMILES string of the molecule is CC/C=C/[C@H]1CO[C@H](CCC2COC(c3cc(F)c(F)c(F)c3)OC2)OC1. The summed E-state index contributed by atoms with van der Waals surface area (Å²) in [7, 11) is 0. The van der Waals surface area contributed by atoms with E-state index in [1.165, 1.54) is 0 Å². The van der Waals surface area contributed by atoms with Crippen LogP contribution in [0.4, 0.5) is 13.2 Å². The molecule has 0 unspecified atom stereocenters. The van der Waals surface area contributed by atoms with E-state index in [4.69, 9.17) is 18.9 Å². The Kier molecular flexibility index (Phi) is 7.29. The summed E-state index contributed by atoms with van der Waals surface area (Å²) in [5.41, 5.74) is 0.134. The Hall–Kier alpha value is -1.41.